The average Bonchev–Trinajstić information content (AvgIpc) is 2.33. The predicted octanol–water partition coefficient (Wildman–Crippen LogP) is 4.45. The van der Waals surface area contributed by atoms with Gasteiger partial charge in [-0.25, -0.2) is 4.39 Å². The Hall–Kier alpha value is -1.74. The molecule has 19 heavy (non-hydrogen) atoms. The summed E-state index contributed by atoms with van der Waals surface area (Å²) in [5, 5.41) is 0.0373. The number of nitrogens with zero attached hydrogens (tertiary/aromatic N) is 1. The van der Waals surface area contributed by atoms with Crippen LogP contribution in [-0.4, -0.2) is 7.05 Å². The first-order valence-corrected chi connectivity index (χ1v) is 6.33. The van der Waals surface area contributed by atoms with Crippen LogP contribution in [0.5, 0.6) is 0 Å². The molecule has 0 saturated carbocycles. The molecule has 2 aromatic carbocycles. The highest BCUT2D eigenvalue weighted by atomic mass is 35.5. The summed E-state index contributed by atoms with van der Waals surface area (Å²) >= 11 is 5.72. The summed E-state index contributed by atoms with van der Waals surface area (Å²) in [7, 11) is 1.86. The first kappa shape index (κ1) is 13.7. The van der Waals surface area contributed by atoms with Crippen LogP contribution in [0.3, 0.4) is 0 Å². The Kier molecular flexibility index (Phi) is 3.67. The monoisotopic (exact) mass is 278 g/mol. The van der Waals surface area contributed by atoms with Gasteiger partial charge in [0.15, 0.2) is 0 Å². The van der Waals surface area contributed by atoms with E-state index in [1.165, 1.54) is 17.7 Å². The zero-order chi connectivity index (χ0) is 14.2. The molecular formula is C15H16ClFN2. The Labute approximate surface area is 117 Å². The van der Waals surface area contributed by atoms with Gasteiger partial charge in [-0.2, -0.15) is 0 Å². The van der Waals surface area contributed by atoms with E-state index >= 15 is 0 Å². The summed E-state index contributed by atoms with van der Waals surface area (Å²) in [6, 6.07) is 8.88. The molecule has 0 bridgehead atoms. The van der Waals surface area contributed by atoms with Crippen LogP contribution in [0, 0.1) is 19.7 Å². The van der Waals surface area contributed by atoms with Crippen molar-refractivity contribution in [1.29, 1.82) is 0 Å². The smallest absolute Gasteiger partial charge is 0.144 e. The number of anilines is 3. The van der Waals surface area contributed by atoms with Gasteiger partial charge in [0.2, 0.25) is 0 Å². The molecule has 0 radical (unpaired) electrons. The molecule has 0 spiro atoms. The highest BCUT2D eigenvalue weighted by Gasteiger charge is 2.13. The number of nitrogen functional groups attached to an aromatic ring is 1. The Morgan fingerprint density at radius 1 is 1.11 bits per heavy atom. The van der Waals surface area contributed by atoms with E-state index < -0.39 is 5.82 Å². The molecule has 0 unspecified atom stereocenters. The van der Waals surface area contributed by atoms with Crippen LogP contribution in [-0.2, 0) is 0 Å². The molecule has 0 aliphatic carbocycles. The van der Waals surface area contributed by atoms with Crippen LogP contribution in [0.15, 0.2) is 30.3 Å². The van der Waals surface area contributed by atoms with Crippen LogP contribution < -0.4 is 10.6 Å². The van der Waals surface area contributed by atoms with Crippen molar-refractivity contribution in [1.82, 2.24) is 0 Å². The molecular weight excluding hydrogens is 263 g/mol. The number of halogens is 2. The average molecular weight is 279 g/mol. The van der Waals surface area contributed by atoms with Crippen LogP contribution >= 0.6 is 11.6 Å². The van der Waals surface area contributed by atoms with Gasteiger partial charge in [-0.05, 0) is 31.5 Å². The summed E-state index contributed by atoms with van der Waals surface area (Å²) in [5.41, 5.74) is 10.3. The molecule has 0 aromatic heterocycles. The van der Waals surface area contributed by atoms with Gasteiger partial charge < -0.3 is 10.6 Å². The summed E-state index contributed by atoms with van der Waals surface area (Å²) in [4.78, 5) is 1.86. The van der Waals surface area contributed by atoms with E-state index in [1.54, 1.807) is 0 Å². The second-order valence-electron chi connectivity index (χ2n) is 4.67. The lowest BCUT2D eigenvalue weighted by Crippen LogP contribution is -2.13. The van der Waals surface area contributed by atoms with Crippen molar-refractivity contribution in [3.63, 3.8) is 0 Å². The van der Waals surface area contributed by atoms with Crippen molar-refractivity contribution in [2.75, 3.05) is 17.7 Å². The fourth-order valence-electron chi connectivity index (χ4n) is 2.15. The van der Waals surface area contributed by atoms with Crippen LogP contribution in [0.2, 0.25) is 5.02 Å². The van der Waals surface area contributed by atoms with Crippen LogP contribution in [0.4, 0.5) is 21.5 Å². The van der Waals surface area contributed by atoms with Crippen molar-refractivity contribution in [2.45, 2.75) is 13.8 Å². The largest absolute Gasteiger partial charge is 0.397 e. The van der Waals surface area contributed by atoms with Crippen molar-refractivity contribution >= 4 is 28.7 Å². The number of aryl methyl sites for hydroxylation is 2. The molecule has 2 N–H and O–H groups in total. The molecule has 0 saturated heterocycles. The molecule has 0 heterocycles. The molecule has 0 fully saturated rings. The second kappa shape index (κ2) is 5.10. The van der Waals surface area contributed by atoms with Crippen molar-refractivity contribution in [3.05, 3.63) is 52.3 Å². The third-order valence-electron chi connectivity index (χ3n) is 3.14. The van der Waals surface area contributed by atoms with E-state index in [9.17, 15) is 4.39 Å². The Morgan fingerprint density at radius 2 is 1.79 bits per heavy atom. The highest BCUT2D eigenvalue weighted by Crippen LogP contribution is 2.34. The van der Waals surface area contributed by atoms with Crippen molar-refractivity contribution in [2.24, 2.45) is 0 Å². The number of benzene rings is 2. The summed E-state index contributed by atoms with van der Waals surface area (Å²) in [5.74, 6) is -0.470. The van der Waals surface area contributed by atoms with E-state index in [-0.39, 0.29) is 5.02 Å². The Balaban J connectivity index is 2.49. The number of hydrogen-bond acceptors (Lipinski definition) is 2. The zero-order valence-corrected chi connectivity index (χ0v) is 11.9. The second-order valence-corrected chi connectivity index (χ2v) is 5.08. The molecule has 0 amide bonds. The lowest BCUT2D eigenvalue weighted by atomic mass is 10.1. The minimum absolute atomic E-state index is 0.0373. The van der Waals surface area contributed by atoms with Gasteiger partial charge in [-0.15, -0.1) is 0 Å². The predicted molar refractivity (Wildman–Crippen MR) is 79.8 cm³/mol. The highest BCUT2D eigenvalue weighted by molar-refractivity contribution is 6.31. The Morgan fingerprint density at radius 3 is 2.42 bits per heavy atom. The first-order chi connectivity index (χ1) is 8.90. The SMILES string of the molecule is Cc1ccc(N(C)c2cc(F)c(Cl)cc2N)c(C)c1. The molecule has 0 aliphatic rings. The van der Waals surface area contributed by atoms with E-state index in [0.717, 1.165) is 11.3 Å². The molecule has 2 aromatic rings. The summed E-state index contributed by atoms with van der Waals surface area (Å²) in [6.07, 6.45) is 0. The van der Waals surface area contributed by atoms with Crippen LogP contribution in [0.1, 0.15) is 11.1 Å². The minimum atomic E-state index is -0.470. The quantitative estimate of drug-likeness (QED) is 0.823. The molecule has 2 rings (SSSR count). The van der Waals surface area contributed by atoms with Crippen LogP contribution in [0.25, 0.3) is 0 Å². The fourth-order valence-corrected chi connectivity index (χ4v) is 2.33. The van der Waals surface area contributed by atoms with Crippen molar-refractivity contribution in [3.8, 4) is 0 Å². The molecule has 0 atom stereocenters. The van der Waals surface area contributed by atoms with Gasteiger partial charge in [0.1, 0.15) is 5.82 Å². The topological polar surface area (TPSA) is 29.3 Å². The molecule has 4 heteroatoms. The maximum Gasteiger partial charge on any atom is 0.144 e. The third-order valence-corrected chi connectivity index (χ3v) is 3.43. The normalized spacial score (nSPS) is 10.6. The number of rotatable bonds is 2. The van der Waals surface area contributed by atoms with E-state index in [1.807, 2.05) is 37.9 Å². The van der Waals surface area contributed by atoms with Crippen molar-refractivity contribution < 1.29 is 4.39 Å². The molecule has 100 valence electrons. The first-order valence-electron chi connectivity index (χ1n) is 5.95. The van der Waals surface area contributed by atoms with Gasteiger partial charge in [0.05, 0.1) is 16.4 Å². The Bertz CT molecular complexity index is 626. The maximum absolute atomic E-state index is 13.6. The lowest BCUT2D eigenvalue weighted by Gasteiger charge is -2.23. The maximum atomic E-state index is 13.6. The van der Waals surface area contributed by atoms with Gasteiger partial charge in [0.25, 0.3) is 0 Å². The third kappa shape index (κ3) is 2.66. The number of nitrogens with two attached hydrogens (primary N) is 1. The summed E-state index contributed by atoms with van der Waals surface area (Å²) < 4.78 is 13.6. The molecule has 2 nitrogen and oxygen atoms in total. The van der Waals surface area contributed by atoms with Gasteiger partial charge in [-0.1, -0.05) is 29.3 Å². The fraction of sp³-hybridized carbons (Fsp3) is 0.200. The van der Waals surface area contributed by atoms with Gasteiger partial charge in [-0.3, -0.25) is 0 Å². The van der Waals surface area contributed by atoms with E-state index in [2.05, 4.69) is 6.07 Å². The van der Waals surface area contributed by atoms with E-state index in [0.29, 0.717) is 11.4 Å². The van der Waals surface area contributed by atoms with E-state index in [4.69, 9.17) is 17.3 Å². The molecule has 0 aliphatic heterocycles. The number of hydrogen-bond donors (Lipinski definition) is 1. The zero-order valence-electron chi connectivity index (χ0n) is 11.2. The summed E-state index contributed by atoms with van der Waals surface area (Å²) in [6.45, 7) is 4.05. The minimum Gasteiger partial charge on any atom is -0.397 e. The lowest BCUT2D eigenvalue weighted by molar-refractivity contribution is 0.628. The van der Waals surface area contributed by atoms with Gasteiger partial charge in [0, 0.05) is 18.8 Å². The van der Waals surface area contributed by atoms with Gasteiger partial charge >= 0.3 is 0 Å². The standard InChI is InChI=1S/C15H16ClFN2/c1-9-4-5-14(10(2)6-9)19(3)15-8-12(17)11(16)7-13(15)18/h4-8H,18H2,1-3H3.